The van der Waals surface area contributed by atoms with Crippen LogP contribution in [-0.2, 0) is 14.6 Å². The molecule has 0 radical (unpaired) electrons. The highest BCUT2D eigenvalue weighted by molar-refractivity contribution is 7.91. The first-order valence-electron chi connectivity index (χ1n) is 10.9. The zero-order chi connectivity index (χ0) is 22.4. The highest BCUT2D eigenvalue weighted by Crippen LogP contribution is 2.54. The first-order chi connectivity index (χ1) is 14.6. The molecule has 3 unspecified atom stereocenters. The molecule has 0 saturated heterocycles. The van der Waals surface area contributed by atoms with Crippen LogP contribution in [0.2, 0.25) is 0 Å². The van der Waals surface area contributed by atoms with Crippen LogP contribution in [0.15, 0.2) is 47.4 Å². The van der Waals surface area contributed by atoms with Crippen molar-refractivity contribution in [3.63, 3.8) is 0 Å². The Hall–Kier alpha value is -2.34. The number of aromatic hydroxyl groups is 1. The maximum atomic E-state index is 12.6. The van der Waals surface area contributed by atoms with Crippen molar-refractivity contribution in [2.75, 3.05) is 5.75 Å². The van der Waals surface area contributed by atoms with Crippen LogP contribution in [0.5, 0.6) is 11.5 Å². The molecule has 0 amide bonds. The summed E-state index contributed by atoms with van der Waals surface area (Å²) in [6.45, 7) is 6.05. The summed E-state index contributed by atoms with van der Waals surface area (Å²) in [6, 6.07) is 12.1. The number of Topliss-reactive ketones (excluding diaryl/α,β-unsaturated/α-hetero) is 1. The average molecular weight is 443 g/mol. The second-order valence-electron chi connectivity index (χ2n) is 9.47. The predicted octanol–water partition coefficient (Wildman–Crippen LogP) is 4.98. The number of carbonyl (C=O) groups excluding carboxylic acids is 1. The molecule has 1 heterocycles. The average Bonchev–Trinajstić information content (AvgIpc) is 2.71. The largest absolute Gasteiger partial charge is 0.508 e. The van der Waals surface area contributed by atoms with Gasteiger partial charge >= 0.3 is 0 Å². The van der Waals surface area contributed by atoms with Gasteiger partial charge in [-0.2, -0.15) is 0 Å². The molecule has 31 heavy (non-hydrogen) atoms. The van der Waals surface area contributed by atoms with Crippen LogP contribution < -0.4 is 4.74 Å². The molecule has 1 aliphatic carbocycles. The number of phenolic OH excluding ortho intramolecular Hbond substituents is 1. The SMILES string of the molecule is CC(CCS(=O)(=O)c1ccccc1)c1cc(O)c2c(c1)OC(C)(C)C1CCC(=O)CC21. The van der Waals surface area contributed by atoms with Crippen molar-refractivity contribution in [2.45, 2.75) is 68.8 Å². The summed E-state index contributed by atoms with van der Waals surface area (Å²) in [6.07, 6.45) is 2.20. The fourth-order valence-corrected chi connectivity index (χ4v) is 6.59. The number of phenols is 1. The molecule has 3 atom stereocenters. The minimum absolute atomic E-state index is 0.0293. The lowest BCUT2D eigenvalue weighted by Gasteiger charge is -2.47. The van der Waals surface area contributed by atoms with Gasteiger partial charge in [0.05, 0.1) is 10.6 Å². The van der Waals surface area contributed by atoms with Gasteiger partial charge in [-0.1, -0.05) is 25.1 Å². The number of benzene rings is 2. The second-order valence-corrected chi connectivity index (χ2v) is 11.6. The van der Waals surface area contributed by atoms with Gasteiger partial charge in [0.2, 0.25) is 0 Å². The van der Waals surface area contributed by atoms with Gasteiger partial charge in [-0.3, -0.25) is 4.79 Å². The van der Waals surface area contributed by atoms with Crippen molar-refractivity contribution < 1.29 is 23.1 Å². The third-order valence-corrected chi connectivity index (χ3v) is 8.70. The van der Waals surface area contributed by atoms with Crippen LogP contribution in [0.3, 0.4) is 0 Å². The molecule has 0 aromatic heterocycles. The van der Waals surface area contributed by atoms with E-state index in [1.54, 1.807) is 36.4 Å². The van der Waals surface area contributed by atoms with Gasteiger partial charge in [0.15, 0.2) is 9.84 Å². The number of sulfone groups is 1. The molecule has 2 aromatic carbocycles. The highest BCUT2D eigenvalue weighted by atomic mass is 32.2. The second kappa shape index (κ2) is 7.97. The van der Waals surface area contributed by atoms with Crippen LogP contribution in [0.1, 0.15) is 69.4 Å². The molecule has 0 spiro atoms. The number of ketones is 1. The molecule has 2 aromatic rings. The Balaban J connectivity index is 1.59. The number of hydrogen-bond donors (Lipinski definition) is 1. The summed E-state index contributed by atoms with van der Waals surface area (Å²) in [5.41, 5.74) is 1.14. The molecular formula is C25H30O5S. The maximum absolute atomic E-state index is 12.6. The Morgan fingerprint density at radius 3 is 2.61 bits per heavy atom. The van der Waals surface area contributed by atoms with E-state index in [0.29, 0.717) is 29.9 Å². The minimum atomic E-state index is -3.36. The molecule has 0 bridgehead atoms. The summed E-state index contributed by atoms with van der Waals surface area (Å²) in [5.74, 6) is 1.09. The van der Waals surface area contributed by atoms with Gasteiger partial charge in [0.25, 0.3) is 0 Å². The lowest BCUT2D eigenvalue weighted by molar-refractivity contribution is -0.124. The number of carbonyl (C=O) groups is 1. The predicted molar refractivity (Wildman–Crippen MR) is 119 cm³/mol. The Kier molecular flexibility index (Phi) is 5.63. The zero-order valence-electron chi connectivity index (χ0n) is 18.3. The van der Waals surface area contributed by atoms with E-state index in [0.717, 1.165) is 17.5 Å². The Labute approximate surface area is 184 Å². The molecule has 1 saturated carbocycles. The van der Waals surface area contributed by atoms with E-state index in [4.69, 9.17) is 4.74 Å². The maximum Gasteiger partial charge on any atom is 0.178 e. The lowest BCUT2D eigenvalue weighted by Crippen LogP contribution is -2.47. The van der Waals surface area contributed by atoms with Gasteiger partial charge in [-0.25, -0.2) is 8.42 Å². The van der Waals surface area contributed by atoms with Crippen LogP contribution in [0, 0.1) is 5.92 Å². The first-order valence-corrected chi connectivity index (χ1v) is 12.6. The van der Waals surface area contributed by atoms with Crippen molar-refractivity contribution in [1.29, 1.82) is 0 Å². The lowest BCUT2D eigenvalue weighted by atomic mass is 9.66. The van der Waals surface area contributed by atoms with Gasteiger partial charge in [0, 0.05) is 30.2 Å². The fraction of sp³-hybridized carbons (Fsp3) is 0.480. The van der Waals surface area contributed by atoms with E-state index in [9.17, 15) is 18.3 Å². The topological polar surface area (TPSA) is 80.7 Å². The number of rotatable bonds is 5. The molecule has 6 heteroatoms. The van der Waals surface area contributed by atoms with Crippen LogP contribution in [0.25, 0.3) is 0 Å². The first kappa shape index (κ1) is 21.9. The molecule has 5 nitrogen and oxygen atoms in total. The smallest absolute Gasteiger partial charge is 0.178 e. The van der Waals surface area contributed by atoms with Crippen LogP contribution in [0.4, 0.5) is 0 Å². The summed E-state index contributed by atoms with van der Waals surface area (Å²) in [7, 11) is -3.36. The standard InChI is InChI=1S/C25H30O5S/c1-16(11-12-31(28,29)19-7-5-4-6-8-19)17-13-22(27)24-20-15-18(26)9-10-21(20)25(2,3)30-23(24)14-17/h4-8,13-14,16,20-21,27H,9-12,15H2,1-3H3. The van der Waals surface area contributed by atoms with Crippen LogP contribution in [-0.4, -0.2) is 30.7 Å². The summed E-state index contributed by atoms with van der Waals surface area (Å²) < 4.78 is 31.6. The van der Waals surface area contributed by atoms with E-state index < -0.39 is 15.4 Å². The minimum Gasteiger partial charge on any atom is -0.508 e. The third kappa shape index (κ3) is 4.22. The molecule has 2 aliphatic rings. The number of ether oxygens (including phenoxy) is 1. The molecule has 1 N–H and O–H groups in total. The third-order valence-electron chi connectivity index (χ3n) is 6.94. The van der Waals surface area contributed by atoms with Crippen molar-refractivity contribution in [3.05, 3.63) is 53.6 Å². The summed E-state index contributed by atoms with van der Waals surface area (Å²) in [4.78, 5) is 12.5. The van der Waals surface area contributed by atoms with E-state index in [2.05, 4.69) is 0 Å². The van der Waals surface area contributed by atoms with Gasteiger partial charge < -0.3 is 9.84 Å². The quantitative estimate of drug-likeness (QED) is 0.706. The van der Waals surface area contributed by atoms with Crippen molar-refractivity contribution in [1.82, 2.24) is 0 Å². The normalized spacial score (nSPS) is 23.4. The van der Waals surface area contributed by atoms with Crippen LogP contribution >= 0.6 is 0 Å². The van der Waals surface area contributed by atoms with Gasteiger partial charge in [-0.15, -0.1) is 0 Å². The fourth-order valence-electron chi connectivity index (χ4n) is 5.12. The van der Waals surface area contributed by atoms with Gasteiger partial charge in [-0.05, 0) is 62.4 Å². The monoisotopic (exact) mass is 442 g/mol. The Bertz CT molecular complexity index is 1090. The van der Waals surface area contributed by atoms with Crippen molar-refractivity contribution in [3.8, 4) is 11.5 Å². The highest BCUT2D eigenvalue weighted by Gasteiger charge is 2.47. The van der Waals surface area contributed by atoms with E-state index in [1.165, 1.54) is 0 Å². The molecule has 166 valence electrons. The molecular weight excluding hydrogens is 412 g/mol. The van der Waals surface area contributed by atoms with Crippen molar-refractivity contribution in [2.24, 2.45) is 5.92 Å². The summed E-state index contributed by atoms with van der Waals surface area (Å²) in [5, 5.41) is 10.9. The summed E-state index contributed by atoms with van der Waals surface area (Å²) >= 11 is 0. The van der Waals surface area contributed by atoms with E-state index in [1.807, 2.05) is 26.8 Å². The Morgan fingerprint density at radius 1 is 1.19 bits per heavy atom. The van der Waals surface area contributed by atoms with E-state index >= 15 is 0 Å². The zero-order valence-corrected chi connectivity index (χ0v) is 19.1. The Morgan fingerprint density at radius 2 is 1.90 bits per heavy atom. The molecule has 1 fully saturated rings. The number of fused-ring (bicyclic) bond motifs is 3. The van der Waals surface area contributed by atoms with E-state index in [-0.39, 0.29) is 35.0 Å². The van der Waals surface area contributed by atoms with Gasteiger partial charge in [0.1, 0.15) is 22.9 Å². The van der Waals surface area contributed by atoms with Crippen molar-refractivity contribution >= 4 is 15.6 Å². The molecule has 1 aliphatic heterocycles. The molecule has 4 rings (SSSR count). The number of hydrogen-bond acceptors (Lipinski definition) is 5.